The van der Waals surface area contributed by atoms with Crippen LogP contribution in [-0.2, 0) is 15.7 Å². The van der Waals surface area contributed by atoms with E-state index >= 15 is 0 Å². The molecule has 2 atom stereocenters. The lowest BCUT2D eigenvalue weighted by molar-refractivity contribution is -0.141. The Bertz CT molecular complexity index is 1330. The zero-order valence-corrected chi connectivity index (χ0v) is 21.4. The number of rotatable bonds is 6. The first-order valence-electron chi connectivity index (χ1n) is 12.3. The molecule has 0 bridgehead atoms. The maximum absolute atomic E-state index is 13.9. The molecule has 2 saturated heterocycles. The number of halogens is 4. The van der Waals surface area contributed by atoms with Crippen LogP contribution in [0.4, 0.5) is 18.0 Å². The zero-order valence-electron chi connectivity index (χ0n) is 20.7. The van der Waals surface area contributed by atoms with Gasteiger partial charge in [0, 0.05) is 24.7 Å². The molecule has 0 aliphatic carbocycles. The third-order valence-corrected chi connectivity index (χ3v) is 6.95. The molecule has 7 nitrogen and oxygen atoms in total. The largest absolute Gasteiger partial charge is 0.457 e. The van der Waals surface area contributed by atoms with Crippen molar-refractivity contribution in [2.75, 3.05) is 32.8 Å². The molecule has 5 rings (SSSR count). The standard InChI is InChI=1S/C28H25ClF3N3O4/c29-21-6-10-23(11-7-21)39-22-8-4-18(5-9-22)25(26(36)34-12-14-38-15-13-34)35-24(17-33-27(35)37)19-2-1-3-20(16-19)28(30,31)32/h1-11,16,24-25H,12-15,17H2,(H,33,37). The van der Waals surface area contributed by atoms with Crippen LogP contribution >= 0.6 is 11.6 Å². The first kappa shape index (κ1) is 26.8. The molecule has 3 amide bonds. The van der Waals surface area contributed by atoms with Crippen LogP contribution in [0.3, 0.4) is 0 Å². The van der Waals surface area contributed by atoms with Crippen molar-refractivity contribution in [3.63, 3.8) is 0 Å². The van der Waals surface area contributed by atoms with E-state index in [0.717, 1.165) is 12.1 Å². The van der Waals surface area contributed by atoms with Crippen molar-refractivity contribution in [1.82, 2.24) is 15.1 Å². The van der Waals surface area contributed by atoms with Crippen LogP contribution in [0.25, 0.3) is 0 Å². The van der Waals surface area contributed by atoms with E-state index in [2.05, 4.69) is 5.32 Å². The predicted molar refractivity (Wildman–Crippen MR) is 138 cm³/mol. The Hall–Kier alpha value is -3.76. The maximum Gasteiger partial charge on any atom is 0.416 e. The van der Waals surface area contributed by atoms with Crippen LogP contribution in [0.15, 0.2) is 72.8 Å². The fourth-order valence-corrected chi connectivity index (χ4v) is 4.87. The number of hydrogen-bond donors (Lipinski definition) is 1. The summed E-state index contributed by atoms with van der Waals surface area (Å²) in [5.41, 5.74) is -0.0336. The number of ether oxygens (including phenoxy) is 2. The third-order valence-electron chi connectivity index (χ3n) is 6.70. The second kappa shape index (κ2) is 11.2. The van der Waals surface area contributed by atoms with E-state index in [0.29, 0.717) is 48.4 Å². The summed E-state index contributed by atoms with van der Waals surface area (Å²) >= 11 is 5.93. The van der Waals surface area contributed by atoms with Crippen LogP contribution in [0.2, 0.25) is 5.02 Å². The smallest absolute Gasteiger partial charge is 0.416 e. The van der Waals surface area contributed by atoms with E-state index in [1.165, 1.54) is 17.0 Å². The third kappa shape index (κ3) is 5.97. The van der Waals surface area contributed by atoms with Crippen molar-refractivity contribution in [2.45, 2.75) is 18.3 Å². The number of carbonyl (C=O) groups is 2. The van der Waals surface area contributed by atoms with Gasteiger partial charge >= 0.3 is 12.2 Å². The molecule has 0 saturated carbocycles. The summed E-state index contributed by atoms with van der Waals surface area (Å²) in [5.74, 6) is 0.731. The molecule has 3 aromatic carbocycles. The number of alkyl halides is 3. The van der Waals surface area contributed by atoms with Gasteiger partial charge in [-0.1, -0.05) is 35.9 Å². The molecule has 0 spiro atoms. The van der Waals surface area contributed by atoms with E-state index < -0.39 is 29.9 Å². The van der Waals surface area contributed by atoms with E-state index in [1.54, 1.807) is 53.4 Å². The molecule has 11 heteroatoms. The van der Waals surface area contributed by atoms with Crippen molar-refractivity contribution in [3.05, 3.63) is 94.5 Å². The zero-order chi connectivity index (χ0) is 27.6. The number of urea groups is 1. The van der Waals surface area contributed by atoms with Gasteiger partial charge in [-0.3, -0.25) is 9.69 Å². The molecule has 2 unspecified atom stereocenters. The average molecular weight is 560 g/mol. The van der Waals surface area contributed by atoms with Gasteiger partial charge in [-0.15, -0.1) is 0 Å². The number of nitrogens with one attached hydrogen (secondary N) is 1. The van der Waals surface area contributed by atoms with Gasteiger partial charge < -0.3 is 19.7 Å². The van der Waals surface area contributed by atoms with Crippen molar-refractivity contribution in [1.29, 1.82) is 0 Å². The van der Waals surface area contributed by atoms with Gasteiger partial charge in [-0.05, 0) is 59.7 Å². The number of morpholine rings is 1. The van der Waals surface area contributed by atoms with Gasteiger partial charge in [0.25, 0.3) is 0 Å². The van der Waals surface area contributed by atoms with Gasteiger partial charge in [0.05, 0.1) is 24.8 Å². The van der Waals surface area contributed by atoms with Crippen LogP contribution in [0, 0.1) is 0 Å². The van der Waals surface area contributed by atoms with E-state index in [4.69, 9.17) is 21.1 Å². The molecule has 0 radical (unpaired) electrons. The lowest BCUT2D eigenvalue weighted by Crippen LogP contribution is -2.48. The lowest BCUT2D eigenvalue weighted by Gasteiger charge is -2.36. The molecule has 2 aliphatic heterocycles. The van der Waals surface area contributed by atoms with Crippen LogP contribution in [-0.4, -0.2) is 54.6 Å². The topological polar surface area (TPSA) is 71.1 Å². The Morgan fingerprint density at radius 3 is 2.28 bits per heavy atom. The minimum Gasteiger partial charge on any atom is -0.457 e. The molecule has 2 heterocycles. The summed E-state index contributed by atoms with van der Waals surface area (Å²) in [4.78, 5) is 30.0. The Kier molecular flexibility index (Phi) is 7.67. The van der Waals surface area contributed by atoms with E-state index in [-0.39, 0.29) is 18.0 Å². The second-order valence-electron chi connectivity index (χ2n) is 9.20. The Balaban J connectivity index is 1.49. The number of hydrogen-bond acceptors (Lipinski definition) is 4. The summed E-state index contributed by atoms with van der Waals surface area (Å²) in [5, 5.41) is 3.28. The van der Waals surface area contributed by atoms with E-state index in [1.807, 2.05) is 0 Å². The molecule has 39 heavy (non-hydrogen) atoms. The molecule has 3 aromatic rings. The van der Waals surface area contributed by atoms with Gasteiger partial charge in [0.2, 0.25) is 5.91 Å². The highest BCUT2D eigenvalue weighted by atomic mass is 35.5. The quantitative estimate of drug-likeness (QED) is 0.413. The molecular weight excluding hydrogens is 535 g/mol. The second-order valence-corrected chi connectivity index (χ2v) is 9.63. The summed E-state index contributed by atoms with van der Waals surface area (Å²) in [6.45, 7) is 1.46. The fourth-order valence-electron chi connectivity index (χ4n) is 4.75. The number of benzene rings is 3. The molecule has 0 aromatic heterocycles. The summed E-state index contributed by atoms with van der Waals surface area (Å²) in [7, 11) is 0. The average Bonchev–Trinajstić information content (AvgIpc) is 3.32. The van der Waals surface area contributed by atoms with Crippen molar-refractivity contribution < 1.29 is 32.2 Å². The van der Waals surface area contributed by atoms with Crippen molar-refractivity contribution >= 4 is 23.5 Å². The normalized spacial score (nSPS) is 18.6. The Labute approximate surface area is 228 Å². The minimum absolute atomic E-state index is 0.0603. The van der Waals surface area contributed by atoms with Crippen molar-refractivity contribution in [3.8, 4) is 11.5 Å². The Morgan fingerprint density at radius 2 is 1.64 bits per heavy atom. The molecule has 204 valence electrons. The summed E-state index contributed by atoms with van der Waals surface area (Å²) in [6, 6.07) is 16.0. The molecular formula is C28H25ClF3N3O4. The highest BCUT2D eigenvalue weighted by Crippen LogP contribution is 2.38. The first-order chi connectivity index (χ1) is 18.7. The summed E-state index contributed by atoms with van der Waals surface area (Å²) < 4.78 is 51.6. The molecule has 2 aliphatic rings. The molecule has 1 N–H and O–H groups in total. The lowest BCUT2D eigenvalue weighted by atomic mass is 9.98. The van der Waals surface area contributed by atoms with Gasteiger partial charge in [-0.2, -0.15) is 13.2 Å². The number of amides is 3. The molecule has 2 fully saturated rings. The minimum atomic E-state index is -4.54. The maximum atomic E-state index is 13.9. The highest BCUT2D eigenvalue weighted by Gasteiger charge is 2.43. The highest BCUT2D eigenvalue weighted by molar-refractivity contribution is 6.30. The van der Waals surface area contributed by atoms with Gasteiger partial charge in [0.1, 0.15) is 17.5 Å². The SMILES string of the molecule is O=C(C(c1ccc(Oc2ccc(Cl)cc2)cc1)N1C(=O)NCC1c1cccc(C(F)(F)F)c1)N1CCOCC1. The predicted octanol–water partition coefficient (Wildman–Crippen LogP) is 5.82. The number of nitrogens with zero attached hydrogens (tertiary/aromatic N) is 2. The number of carbonyl (C=O) groups excluding carboxylic acids is 2. The fraction of sp³-hybridized carbons (Fsp3) is 0.286. The summed E-state index contributed by atoms with van der Waals surface area (Å²) in [6.07, 6.45) is -4.54. The first-order valence-corrected chi connectivity index (χ1v) is 12.7. The monoisotopic (exact) mass is 559 g/mol. The van der Waals surface area contributed by atoms with Gasteiger partial charge in [0.15, 0.2) is 0 Å². The van der Waals surface area contributed by atoms with Crippen LogP contribution in [0.5, 0.6) is 11.5 Å². The van der Waals surface area contributed by atoms with Crippen molar-refractivity contribution in [2.24, 2.45) is 0 Å². The van der Waals surface area contributed by atoms with E-state index in [9.17, 15) is 22.8 Å². The Morgan fingerprint density at radius 1 is 1.00 bits per heavy atom. The van der Waals surface area contributed by atoms with Crippen LogP contribution < -0.4 is 10.1 Å². The van der Waals surface area contributed by atoms with Crippen LogP contribution in [0.1, 0.15) is 28.8 Å². The van der Waals surface area contributed by atoms with Gasteiger partial charge in [-0.25, -0.2) is 4.79 Å².